The minimum absolute atomic E-state index is 0.0440. The van der Waals surface area contributed by atoms with E-state index in [1.807, 2.05) is 11.8 Å². The molecule has 0 radical (unpaired) electrons. The first-order valence-electron chi connectivity index (χ1n) is 8.66. The Morgan fingerprint density at radius 3 is 2.80 bits per heavy atom. The lowest BCUT2D eigenvalue weighted by atomic mass is 10.1. The van der Waals surface area contributed by atoms with Gasteiger partial charge in [0.25, 0.3) is 5.91 Å². The van der Waals surface area contributed by atoms with Crippen LogP contribution in [0.15, 0.2) is 33.7 Å². The van der Waals surface area contributed by atoms with Crippen LogP contribution in [0.4, 0.5) is 0 Å². The van der Waals surface area contributed by atoms with Crippen LogP contribution in [0.2, 0.25) is 0 Å². The van der Waals surface area contributed by atoms with E-state index in [2.05, 4.69) is 40.6 Å². The van der Waals surface area contributed by atoms with Gasteiger partial charge in [0, 0.05) is 37.6 Å². The lowest BCUT2D eigenvalue weighted by Crippen LogP contribution is -2.35. The predicted octanol–water partition coefficient (Wildman–Crippen LogP) is 3.36. The lowest BCUT2D eigenvalue weighted by molar-refractivity contribution is 0.0758. The van der Waals surface area contributed by atoms with Crippen LogP contribution in [0.3, 0.4) is 0 Å². The standard InChI is InChI=1S/C19H25N3O2S/c1-14-18(15(2)24-20-14)19(23)22-9-5-8-21(10-11-22)13-16-6-4-7-17(12-16)25-3/h4,6-7,12H,5,8-11,13H2,1-3H3. The summed E-state index contributed by atoms with van der Waals surface area (Å²) < 4.78 is 5.15. The molecule has 5 nitrogen and oxygen atoms in total. The van der Waals surface area contributed by atoms with Gasteiger partial charge < -0.3 is 9.42 Å². The number of aryl methyl sites for hydroxylation is 2. The van der Waals surface area contributed by atoms with Crippen LogP contribution in [-0.2, 0) is 6.54 Å². The number of amides is 1. The Morgan fingerprint density at radius 1 is 1.24 bits per heavy atom. The topological polar surface area (TPSA) is 49.6 Å². The molecular formula is C19H25N3O2S. The number of aromatic nitrogens is 1. The molecule has 1 aliphatic rings. The number of hydrogen-bond acceptors (Lipinski definition) is 5. The molecule has 1 aliphatic heterocycles. The van der Waals surface area contributed by atoms with Crippen LogP contribution in [0.5, 0.6) is 0 Å². The fourth-order valence-corrected chi connectivity index (χ4v) is 3.79. The summed E-state index contributed by atoms with van der Waals surface area (Å²) in [6.45, 7) is 7.98. The summed E-state index contributed by atoms with van der Waals surface area (Å²) in [4.78, 5) is 18.5. The van der Waals surface area contributed by atoms with Gasteiger partial charge in [0.15, 0.2) is 0 Å². The summed E-state index contributed by atoms with van der Waals surface area (Å²) in [5.41, 5.74) is 2.64. The molecule has 2 heterocycles. The van der Waals surface area contributed by atoms with E-state index in [0.717, 1.165) is 39.1 Å². The second-order valence-corrected chi connectivity index (χ2v) is 7.35. The van der Waals surface area contributed by atoms with Gasteiger partial charge in [-0.3, -0.25) is 9.69 Å². The van der Waals surface area contributed by atoms with Crippen molar-refractivity contribution < 1.29 is 9.32 Å². The first-order chi connectivity index (χ1) is 12.1. The van der Waals surface area contributed by atoms with Gasteiger partial charge >= 0.3 is 0 Å². The molecule has 134 valence electrons. The maximum Gasteiger partial charge on any atom is 0.259 e. The monoisotopic (exact) mass is 359 g/mol. The molecule has 25 heavy (non-hydrogen) atoms. The van der Waals surface area contributed by atoms with Crippen LogP contribution >= 0.6 is 11.8 Å². The third-order valence-corrected chi connectivity index (χ3v) is 5.39. The van der Waals surface area contributed by atoms with Crippen LogP contribution in [0, 0.1) is 13.8 Å². The second-order valence-electron chi connectivity index (χ2n) is 6.47. The highest BCUT2D eigenvalue weighted by Crippen LogP contribution is 2.19. The van der Waals surface area contributed by atoms with Crippen molar-refractivity contribution in [3.8, 4) is 0 Å². The van der Waals surface area contributed by atoms with Crippen LogP contribution in [-0.4, -0.2) is 53.3 Å². The van der Waals surface area contributed by atoms with E-state index >= 15 is 0 Å². The fourth-order valence-electron chi connectivity index (χ4n) is 3.31. The van der Waals surface area contributed by atoms with Crippen molar-refractivity contribution in [3.05, 3.63) is 46.8 Å². The minimum atomic E-state index is 0.0440. The summed E-state index contributed by atoms with van der Waals surface area (Å²) in [6.07, 6.45) is 3.08. The quantitative estimate of drug-likeness (QED) is 0.784. The van der Waals surface area contributed by atoms with Crippen molar-refractivity contribution in [2.24, 2.45) is 0 Å². The Kier molecular flexibility index (Phi) is 5.81. The molecular weight excluding hydrogens is 334 g/mol. The molecule has 0 aliphatic carbocycles. The zero-order valence-corrected chi connectivity index (χ0v) is 15.9. The third kappa shape index (κ3) is 4.25. The van der Waals surface area contributed by atoms with E-state index in [9.17, 15) is 4.79 Å². The van der Waals surface area contributed by atoms with Crippen molar-refractivity contribution in [1.29, 1.82) is 0 Å². The van der Waals surface area contributed by atoms with Crippen molar-refractivity contribution in [1.82, 2.24) is 15.0 Å². The molecule has 0 saturated carbocycles. The summed E-state index contributed by atoms with van der Waals surface area (Å²) in [6, 6.07) is 8.69. The first kappa shape index (κ1) is 18.0. The van der Waals surface area contributed by atoms with Crippen molar-refractivity contribution in [3.63, 3.8) is 0 Å². The van der Waals surface area contributed by atoms with E-state index in [1.165, 1.54) is 10.5 Å². The van der Waals surface area contributed by atoms with E-state index in [-0.39, 0.29) is 5.91 Å². The molecule has 1 amide bonds. The molecule has 0 spiro atoms. The maximum atomic E-state index is 12.8. The smallest absolute Gasteiger partial charge is 0.259 e. The van der Waals surface area contributed by atoms with Crippen molar-refractivity contribution >= 4 is 17.7 Å². The SMILES string of the molecule is CSc1cccc(CN2CCCN(C(=O)c3c(C)noc3C)CC2)c1. The lowest BCUT2D eigenvalue weighted by Gasteiger charge is -2.22. The minimum Gasteiger partial charge on any atom is -0.361 e. The largest absolute Gasteiger partial charge is 0.361 e. The van der Waals surface area contributed by atoms with E-state index in [1.54, 1.807) is 18.7 Å². The molecule has 0 bridgehead atoms. The molecule has 0 unspecified atom stereocenters. The van der Waals surface area contributed by atoms with E-state index in [0.29, 0.717) is 17.0 Å². The fraction of sp³-hybridized carbons (Fsp3) is 0.474. The summed E-state index contributed by atoms with van der Waals surface area (Å²) in [5, 5.41) is 3.91. The van der Waals surface area contributed by atoms with E-state index < -0.39 is 0 Å². The molecule has 1 saturated heterocycles. The molecule has 1 fully saturated rings. The van der Waals surface area contributed by atoms with Gasteiger partial charge in [0.1, 0.15) is 11.3 Å². The molecule has 0 atom stereocenters. The number of carbonyl (C=O) groups excluding carboxylic acids is 1. The Labute approximate surface area is 153 Å². The highest BCUT2D eigenvalue weighted by atomic mass is 32.2. The third-order valence-electron chi connectivity index (χ3n) is 4.66. The molecule has 1 aromatic heterocycles. The van der Waals surface area contributed by atoms with Crippen LogP contribution < -0.4 is 0 Å². The van der Waals surface area contributed by atoms with Crippen molar-refractivity contribution in [2.45, 2.75) is 31.7 Å². The highest BCUT2D eigenvalue weighted by Gasteiger charge is 2.25. The van der Waals surface area contributed by atoms with Gasteiger partial charge in [-0.05, 0) is 44.2 Å². The molecule has 0 N–H and O–H groups in total. The molecule has 3 rings (SSSR count). The maximum absolute atomic E-state index is 12.8. The number of thioether (sulfide) groups is 1. The van der Waals surface area contributed by atoms with Gasteiger partial charge in [-0.15, -0.1) is 11.8 Å². The molecule has 6 heteroatoms. The zero-order valence-electron chi connectivity index (χ0n) is 15.1. The highest BCUT2D eigenvalue weighted by molar-refractivity contribution is 7.98. The van der Waals surface area contributed by atoms with Gasteiger partial charge in [0.2, 0.25) is 0 Å². The Morgan fingerprint density at radius 2 is 2.08 bits per heavy atom. The number of hydrogen-bond donors (Lipinski definition) is 0. The number of benzene rings is 1. The van der Waals surface area contributed by atoms with Gasteiger partial charge in [-0.1, -0.05) is 17.3 Å². The molecule has 2 aromatic rings. The van der Waals surface area contributed by atoms with Gasteiger partial charge in [-0.25, -0.2) is 0 Å². The average molecular weight is 359 g/mol. The van der Waals surface area contributed by atoms with E-state index in [4.69, 9.17) is 4.52 Å². The Balaban J connectivity index is 1.63. The molecule has 1 aromatic carbocycles. The van der Waals surface area contributed by atoms with Gasteiger partial charge in [-0.2, -0.15) is 0 Å². The normalized spacial score (nSPS) is 16.0. The second kappa shape index (κ2) is 8.06. The zero-order chi connectivity index (χ0) is 17.8. The summed E-state index contributed by atoms with van der Waals surface area (Å²) in [7, 11) is 0. The van der Waals surface area contributed by atoms with Crippen molar-refractivity contribution in [2.75, 3.05) is 32.4 Å². The number of carbonyl (C=O) groups is 1. The number of nitrogens with zero attached hydrogens (tertiary/aromatic N) is 3. The van der Waals surface area contributed by atoms with Gasteiger partial charge in [0.05, 0.1) is 5.69 Å². The average Bonchev–Trinajstić information content (AvgIpc) is 2.81. The summed E-state index contributed by atoms with van der Waals surface area (Å²) >= 11 is 1.77. The Hall–Kier alpha value is -1.79. The Bertz CT molecular complexity index is 725. The summed E-state index contributed by atoms with van der Waals surface area (Å²) in [5.74, 6) is 0.653. The van der Waals surface area contributed by atoms with Crippen LogP contribution in [0.25, 0.3) is 0 Å². The number of rotatable bonds is 4. The van der Waals surface area contributed by atoms with Crippen LogP contribution in [0.1, 0.15) is 33.8 Å². The predicted molar refractivity (Wildman–Crippen MR) is 100.0 cm³/mol. The first-order valence-corrected chi connectivity index (χ1v) is 9.88.